The van der Waals surface area contributed by atoms with E-state index in [0.29, 0.717) is 5.75 Å². The third-order valence-electron chi connectivity index (χ3n) is 3.67. The molecule has 0 spiro atoms. The lowest BCUT2D eigenvalue weighted by Crippen LogP contribution is -2.24. The maximum atomic E-state index is 9.60. The van der Waals surface area contributed by atoms with Gasteiger partial charge in [0.05, 0.1) is 0 Å². The van der Waals surface area contributed by atoms with Gasteiger partial charge in [-0.25, -0.2) is 0 Å². The van der Waals surface area contributed by atoms with E-state index in [4.69, 9.17) is 11.6 Å². The summed E-state index contributed by atoms with van der Waals surface area (Å²) in [4.78, 5) is 0. The van der Waals surface area contributed by atoms with Gasteiger partial charge in [-0.15, -0.1) is 0 Å². The molecule has 2 aromatic rings. The van der Waals surface area contributed by atoms with Crippen molar-refractivity contribution in [3.05, 3.63) is 64.7 Å². The Labute approximate surface area is 131 Å². The van der Waals surface area contributed by atoms with Gasteiger partial charge in [0.2, 0.25) is 0 Å². The molecule has 0 aliphatic rings. The molecule has 3 heteroatoms. The Morgan fingerprint density at radius 3 is 2.43 bits per heavy atom. The maximum absolute atomic E-state index is 9.60. The lowest BCUT2D eigenvalue weighted by atomic mass is 9.99. The summed E-state index contributed by atoms with van der Waals surface area (Å²) in [5.41, 5.74) is 2.33. The predicted octanol–water partition coefficient (Wildman–Crippen LogP) is 5.24. The van der Waals surface area contributed by atoms with Crippen LogP contribution in [-0.2, 0) is 0 Å². The van der Waals surface area contributed by atoms with Gasteiger partial charge in [0, 0.05) is 17.1 Å². The standard InChI is InChI=1S/C18H22ClNO/c1-3-5-18(14-8-10-16(19)11-9-14)20-13(2)15-6-4-7-17(21)12-15/h4,6-13,18,20-21H,3,5H2,1-2H3. The number of aromatic hydroxyl groups is 1. The van der Waals surface area contributed by atoms with Crippen molar-refractivity contribution < 1.29 is 5.11 Å². The molecular weight excluding hydrogens is 282 g/mol. The van der Waals surface area contributed by atoms with Crippen LogP contribution in [0.2, 0.25) is 5.02 Å². The van der Waals surface area contributed by atoms with Crippen LogP contribution in [0.15, 0.2) is 48.5 Å². The minimum atomic E-state index is 0.171. The summed E-state index contributed by atoms with van der Waals surface area (Å²) in [7, 11) is 0. The summed E-state index contributed by atoms with van der Waals surface area (Å²) >= 11 is 5.96. The highest BCUT2D eigenvalue weighted by Crippen LogP contribution is 2.25. The van der Waals surface area contributed by atoms with Crippen LogP contribution in [-0.4, -0.2) is 5.11 Å². The van der Waals surface area contributed by atoms with E-state index in [1.165, 1.54) is 5.56 Å². The first-order valence-corrected chi connectivity index (χ1v) is 7.78. The topological polar surface area (TPSA) is 32.3 Å². The lowest BCUT2D eigenvalue weighted by molar-refractivity contribution is 0.435. The van der Waals surface area contributed by atoms with Gasteiger partial charge in [0.15, 0.2) is 0 Å². The maximum Gasteiger partial charge on any atom is 0.115 e. The summed E-state index contributed by atoms with van der Waals surface area (Å²) in [5.74, 6) is 0.305. The van der Waals surface area contributed by atoms with Crippen LogP contribution in [0.1, 0.15) is 49.9 Å². The number of hydrogen-bond donors (Lipinski definition) is 2. The van der Waals surface area contributed by atoms with Gasteiger partial charge < -0.3 is 10.4 Å². The molecule has 2 unspecified atom stereocenters. The number of halogens is 1. The molecule has 2 atom stereocenters. The first-order valence-electron chi connectivity index (χ1n) is 7.40. The number of phenolic OH excluding ortho intramolecular Hbond substituents is 1. The molecule has 0 bridgehead atoms. The summed E-state index contributed by atoms with van der Waals surface area (Å²) < 4.78 is 0. The Balaban J connectivity index is 2.14. The van der Waals surface area contributed by atoms with Gasteiger partial charge in [0.25, 0.3) is 0 Å². The Bertz CT molecular complexity index is 568. The fourth-order valence-electron chi connectivity index (χ4n) is 2.52. The van der Waals surface area contributed by atoms with Crippen molar-refractivity contribution in [3.63, 3.8) is 0 Å². The molecule has 0 radical (unpaired) electrons. The minimum Gasteiger partial charge on any atom is -0.508 e. The van der Waals surface area contributed by atoms with Crippen molar-refractivity contribution in [2.45, 2.75) is 38.8 Å². The zero-order valence-electron chi connectivity index (χ0n) is 12.5. The van der Waals surface area contributed by atoms with E-state index in [1.54, 1.807) is 6.07 Å². The van der Waals surface area contributed by atoms with Crippen molar-refractivity contribution in [1.29, 1.82) is 0 Å². The van der Waals surface area contributed by atoms with E-state index in [0.717, 1.165) is 23.4 Å². The van der Waals surface area contributed by atoms with Crippen LogP contribution in [0, 0.1) is 0 Å². The Hall–Kier alpha value is -1.51. The number of rotatable bonds is 6. The molecule has 0 aliphatic heterocycles. The third-order valence-corrected chi connectivity index (χ3v) is 3.92. The van der Waals surface area contributed by atoms with E-state index < -0.39 is 0 Å². The van der Waals surface area contributed by atoms with Crippen LogP contribution in [0.3, 0.4) is 0 Å². The van der Waals surface area contributed by atoms with Gasteiger partial charge in [-0.3, -0.25) is 0 Å². The van der Waals surface area contributed by atoms with Gasteiger partial charge in [0.1, 0.15) is 5.75 Å². The zero-order chi connectivity index (χ0) is 15.2. The van der Waals surface area contributed by atoms with Crippen molar-refractivity contribution in [3.8, 4) is 5.75 Å². The smallest absolute Gasteiger partial charge is 0.115 e. The van der Waals surface area contributed by atoms with Gasteiger partial charge in [-0.2, -0.15) is 0 Å². The quantitative estimate of drug-likeness (QED) is 0.765. The number of nitrogens with one attached hydrogen (secondary N) is 1. The lowest BCUT2D eigenvalue weighted by Gasteiger charge is -2.24. The second-order valence-electron chi connectivity index (χ2n) is 5.38. The summed E-state index contributed by atoms with van der Waals surface area (Å²) in [6, 6.07) is 15.9. The molecule has 21 heavy (non-hydrogen) atoms. The van der Waals surface area contributed by atoms with Crippen LogP contribution >= 0.6 is 11.6 Å². The Morgan fingerprint density at radius 1 is 1.10 bits per heavy atom. The summed E-state index contributed by atoms with van der Waals surface area (Å²) in [6.07, 6.45) is 2.16. The van der Waals surface area contributed by atoms with E-state index >= 15 is 0 Å². The predicted molar refractivity (Wildman–Crippen MR) is 88.8 cm³/mol. The van der Waals surface area contributed by atoms with Crippen LogP contribution in [0.4, 0.5) is 0 Å². The number of phenols is 1. The number of benzene rings is 2. The molecule has 2 nitrogen and oxygen atoms in total. The molecule has 2 N–H and O–H groups in total. The van der Waals surface area contributed by atoms with E-state index in [1.807, 2.05) is 30.3 Å². The van der Waals surface area contributed by atoms with Crippen molar-refractivity contribution in [2.75, 3.05) is 0 Å². The summed E-state index contributed by atoms with van der Waals surface area (Å²) in [6.45, 7) is 4.30. The SMILES string of the molecule is CCCC(NC(C)c1cccc(O)c1)c1ccc(Cl)cc1. The Morgan fingerprint density at radius 2 is 1.81 bits per heavy atom. The molecule has 112 valence electrons. The average molecular weight is 304 g/mol. The zero-order valence-corrected chi connectivity index (χ0v) is 13.3. The van der Waals surface area contributed by atoms with Gasteiger partial charge in [-0.1, -0.05) is 49.2 Å². The van der Waals surface area contributed by atoms with Crippen molar-refractivity contribution in [1.82, 2.24) is 5.32 Å². The molecule has 0 saturated carbocycles. The second-order valence-corrected chi connectivity index (χ2v) is 5.81. The first-order chi connectivity index (χ1) is 10.1. The van der Waals surface area contributed by atoms with E-state index in [9.17, 15) is 5.11 Å². The highest BCUT2D eigenvalue weighted by Gasteiger charge is 2.15. The van der Waals surface area contributed by atoms with Gasteiger partial charge >= 0.3 is 0 Å². The van der Waals surface area contributed by atoms with E-state index in [2.05, 4.69) is 31.3 Å². The molecule has 0 aliphatic carbocycles. The Kier molecular flexibility index (Phi) is 5.66. The van der Waals surface area contributed by atoms with Crippen molar-refractivity contribution >= 4 is 11.6 Å². The van der Waals surface area contributed by atoms with Gasteiger partial charge in [-0.05, 0) is 48.7 Å². The molecule has 0 amide bonds. The van der Waals surface area contributed by atoms with E-state index in [-0.39, 0.29) is 12.1 Å². The average Bonchev–Trinajstić information content (AvgIpc) is 2.47. The molecular formula is C18H22ClNO. The molecule has 0 saturated heterocycles. The molecule has 0 fully saturated rings. The normalized spacial score (nSPS) is 13.9. The summed E-state index contributed by atoms with van der Waals surface area (Å²) in [5, 5.41) is 14.0. The molecule has 0 heterocycles. The fraction of sp³-hybridized carbons (Fsp3) is 0.333. The van der Waals surface area contributed by atoms with Crippen LogP contribution in [0.25, 0.3) is 0 Å². The molecule has 0 aromatic heterocycles. The molecule has 2 aromatic carbocycles. The van der Waals surface area contributed by atoms with Crippen LogP contribution < -0.4 is 5.32 Å². The second kappa shape index (κ2) is 7.48. The van der Waals surface area contributed by atoms with Crippen LogP contribution in [0.5, 0.6) is 5.75 Å². The minimum absolute atomic E-state index is 0.171. The fourth-order valence-corrected chi connectivity index (χ4v) is 2.65. The monoisotopic (exact) mass is 303 g/mol. The highest BCUT2D eigenvalue weighted by atomic mass is 35.5. The highest BCUT2D eigenvalue weighted by molar-refractivity contribution is 6.30. The first kappa shape index (κ1) is 15.9. The third kappa shape index (κ3) is 4.48. The molecule has 2 rings (SSSR count). The number of hydrogen-bond acceptors (Lipinski definition) is 2. The largest absolute Gasteiger partial charge is 0.508 e. The van der Waals surface area contributed by atoms with Crippen molar-refractivity contribution in [2.24, 2.45) is 0 Å².